The van der Waals surface area contributed by atoms with E-state index in [1.54, 1.807) is 19.5 Å². The number of methoxy groups -OCH3 is 1. The Morgan fingerprint density at radius 1 is 1.35 bits per heavy atom. The number of hydrogen-bond acceptors (Lipinski definition) is 5. The molecular formula is C14H24N4O2. The summed E-state index contributed by atoms with van der Waals surface area (Å²) in [6.07, 6.45) is 4.20. The normalized spacial score (nSPS) is 10.6. The molecule has 0 aliphatic rings. The quantitative estimate of drug-likeness (QED) is 0.656. The van der Waals surface area contributed by atoms with Gasteiger partial charge in [0.05, 0.1) is 11.3 Å². The summed E-state index contributed by atoms with van der Waals surface area (Å²) in [4.78, 5) is 18.0. The second-order valence-electron chi connectivity index (χ2n) is 4.79. The Hall–Kier alpha value is -1.66. The molecule has 0 aliphatic carbocycles. The van der Waals surface area contributed by atoms with Gasteiger partial charge in [-0.2, -0.15) is 0 Å². The molecular weight excluding hydrogens is 256 g/mol. The number of rotatable bonds is 9. The monoisotopic (exact) mass is 280 g/mol. The minimum atomic E-state index is -0.0973. The lowest BCUT2D eigenvalue weighted by Gasteiger charge is -2.11. The lowest BCUT2D eigenvalue weighted by Crippen LogP contribution is -2.31. The van der Waals surface area contributed by atoms with Gasteiger partial charge in [0.25, 0.3) is 5.91 Å². The van der Waals surface area contributed by atoms with Crippen LogP contribution in [-0.2, 0) is 4.74 Å². The number of nitrogens with one attached hydrogen (secondary N) is 2. The van der Waals surface area contributed by atoms with Crippen molar-refractivity contribution in [2.45, 2.75) is 6.42 Å². The van der Waals surface area contributed by atoms with E-state index in [4.69, 9.17) is 4.74 Å². The first kappa shape index (κ1) is 16.4. The minimum Gasteiger partial charge on any atom is -0.385 e. The van der Waals surface area contributed by atoms with Gasteiger partial charge in [-0.25, -0.2) is 0 Å². The molecule has 1 aromatic heterocycles. The number of carbonyl (C=O) groups excluding carboxylic acids is 1. The largest absolute Gasteiger partial charge is 0.385 e. The van der Waals surface area contributed by atoms with E-state index in [9.17, 15) is 4.79 Å². The first-order valence-electron chi connectivity index (χ1n) is 6.74. The summed E-state index contributed by atoms with van der Waals surface area (Å²) < 4.78 is 4.98. The topological polar surface area (TPSA) is 66.5 Å². The van der Waals surface area contributed by atoms with Crippen LogP contribution in [0.15, 0.2) is 18.5 Å². The van der Waals surface area contributed by atoms with Gasteiger partial charge < -0.3 is 20.3 Å². The van der Waals surface area contributed by atoms with Gasteiger partial charge in [0.15, 0.2) is 0 Å². The highest BCUT2D eigenvalue weighted by Gasteiger charge is 2.06. The van der Waals surface area contributed by atoms with Crippen molar-refractivity contribution in [2.24, 2.45) is 0 Å². The molecule has 0 unspecified atom stereocenters. The Labute approximate surface area is 120 Å². The summed E-state index contributed by atoms with van der Waals surface area (Å²) in [6, 6.07) is 1.81. The molecule has 0 saturated carbocycles. The fraction of sp³-hybridized carbons (Fsp3) is 0.571. The van der Waals surface area contributed by atoms with Crippen LogP contribution in [0.2, 0.25) is 0 Å². The van der Waals surface area contributed by atoms with E-state index in [1.807, 2.05) is 25.1 Å². The van der Waals surface area contributed by atoms with Crippen molar-refractivity contribution in [3.8, 4) is 0 Å². The molecule has 0 atom stereocenters. The van der Waals surface area contributed by atoms with Crippen LogP contribution in [0.4, 0.5) is 5.69 Å². The van der Waals surface area contributed by atoms with E-state index in [1.165, 1.54) is 0 Å². The molecule has 112 valence electrons. The smallest absolute Gasteiger partial charge is 0.252 e. The van der Waals surface area contributed by atoms with Crippen molar-refractivity contribution in [3.05, 3.63) is 24.0 Å². The fourth-order valence-corrected chi connectivity index (χ4v) is 1.61. The summed E-state index contributed by atoms with van der Waals surface area (Å²) in [5.41, 5.74) is 1.42. The maximum Gasteiger partial charge on any atom is 0.252 e. The van der Waals surface area contributed by atoms with Gasteiger partial charge in [-0.3, -0.25) is 9.78 Å². The van der Waals surface area contributed by atoms with E-state index in [0.29, 0.717) is 18.7 Å². The summed E-state index contributed by atoms with van der Waals surface area (Å²) in [5.74, 6) is -0.0973. The van der Waals surface area contributed by atoms with Gasteiger partial charge in [0.1, 0.15) is 0 Å². The molecule has 0 bridgehead atoms. The Morgan fingerprint density at radius 3 is 2.85 bits per heavy atom. The number of likely N-dealkylation sites (N-methyl/N-ethyl adjacent to an activating group) is 1. The molecule has 1 aromatic rings. The highest BCUT2D eigenvalue weighted by atomic mass is 16.5. The second-order valence-corrected chi connectivity index (χ2v) is 4.79. The molecule has 0 aromatic carbocycles. The van der Waals surface area contributed by atoms with Crippen LogP contribution >= 0.6 is 0 Å². The summed E-state index contributed by atoms with van der Waals surface area (Å²) in [7, 11) is 5.62. The van der Waals surface area contributed by atoms with Crippen LogP contribution in [0.1, 0.15) is 16.8 Å². The minimum absolute atomic E-state index is 0.0973. The van der Waals surface area contributed by atoms with Gasteiger partial charge in [0, 0.05) is 45.7 Å². The molecule has 20 heavy (non-hydrogen) atoms. The Kier molecular flexibility index (Phi) is 7.60. The number of aromatic nitrogens is 1. The zero-order valence-corrected chi connectivity index (χ0v) is 12.5. The molecule has 6 nitrogen and oxygen atoms in total. The fourth-order valence-electron chi connectivity index (χ4n) is 1.61. The third kappa shape index (κ3) is 6.49. The summed E-state index contributed by atoms with van der Waals surface area (Å²) >= 11 is 0. The molecule has 0 saturated heterocycles. The maximum atomic E-state index is 11.9. The molecule has 0 aliphatic heterocycles. The Balaban J connectivity index is 2.43. The summed E-state index contributed by atoms with van der Waals surface area (Å²) in [6.45, 7) is 2.94. The van der Waals surface area contributed by atoms with Crippen LogP contribution < -0.4 is 10.6 Å². The Morgan fingerprint density at radius 2 is 2.15 bits per heavy atom. The molecule has 0 radical (unpaired) electrons. The van der Waals surface area contributed by atoms with E-state index in [2.05, 4.69) is 15.6 Å². The summed E-state index contributed by atoms with van der Waals surface area (Å²) in [5, 5.41) is 6.08. The number of pyridine rings is 1. The highest BCUT2D eigenvalue weighted by molar-refractivity contribution is 5.94. The molecule has 6 heteroatoms. The van der Waals surface area contributed by atoms with Crippen LogP contribution in [0.3, 0.4) is 0 Å². The van der Waals surface area contributed by atoms with Gasteiger partial charge in [-0.05, 0) is 26.6 Å². The number of ether oxygens (including phenoxy) is 1. The lowest BCUT2D eigenvalue weighted by atomic mass is 10.2. The third-order valence-electron chi connectivity index (χ3n) is 2.70. The number of carbonyl (C=O) groups is 1. The van der Waals surface area contributed by atoms with Crippen LogP contribution in [0.25, 0.3) is 0 Å². The maximum absolute atomic E-state index is 11.9. The van der Waals surface area contributed by atoms with E-state index in [0.717, 1.165) is 25.2 Å². The second kappa shape index (κ2) is 9.28. The average molecular weight is 280 g/mol. The molecule has 2 N–H and O–H groups in total. The molecule has 1 rings (SSSR count). The number of amides is 1. The zero-order chi connectivity index (χ0) is 14.8. The van der Waals surface area contributed by atoms with Crippen molar-refractivity contribution < 1.29 is 9.53 Å². The Bertz CT molecular complexity index is 410. The van der Waals surface area contributed by atoms with Crippen molar-refractivity contribution in [1.29, 1.82) is 0 Å². The van der Waals surface area contributed by atoms with Crippen molar-refractivity contribution in [2.75, 3.05) is 52.8 Å². The highest BCUT2D eigenvalue weighted by Crippen LogP contribution is 2.08. The molecule has 0 spiro atoms. The van der Waals surface area contributed by atoms with Crippen molar-refractivity contribution in [1.82, 2.24) is 15.2 Å². The predicted octanol–water partition coefficient (Wildman–Crippen LogP) is 0.821. The first-order valence-corrected chi connectivity index (χ1v) is 6.74. The zero-order valence-electron chi connectivity index (χ0n) is 12.5. The van der Waals surface area contributed by atoms with Crippen LogP contribution in [0, 0.1) is 0 Å². The number of hydrogen-bond donors (Lipinski definition) is 2. The van der Waals surface area contributed by atoms with Crippen LogP contribution in [0.5, 0.6) is 0 Å². The standard InChI is InChI=1S/C14H24N4O2/c1-18(2)7-6-17-14(19)12-9-13(11-15-10-12)16-5-4-8-20-3/h9-11,16H,4-8H2,1-3H3,(H,17,19). The lowest BCUT2D eigenvalue weighted by molar-refractivity contribution is 0.0950. The number of anilines is 1. The molecule has 1 heterocycles. The van der Waals surface area contributed by atoms with E-state index >= 15 is 0 Å². The number of nitrogens with zero attached hydrogens (tertiary/aromatic N) is 2. The average Bonchev–Trinajstić information content (AvgIpc) is 2.43. The first-order chi connectivity index (χ1) is 9.63. The molecule has 1 amide bonds. The van der Waals surface area contributed by atoms with Crippen LogP contribution in [-0.4, -0.2) is 63.2 Å². The molecule has 0 fully saturated rings. The van der Waals surface area contributed by atoms with Crippen molar-refractivity contribution in [3.63, 3.8) is 0 Å². The van der Waals surface area contributed by atoms with Gasteiger partial charge >= 0.3 is 0 Å². The van der Waals surface area contributed by atoms with Gasteiger partial charge in [0.2, 0.25) is 0 Å². The third-order valence-corrected chi connectivity index (χ3v) is 2.70. The van der Waals surface area contributed by atoms with E-state index < -0.39 is 0 Å². The SMILES string of the molecule is COCCCNc1cncc(C(=O)NCCN(C)C)c1. The van der Waals surface area contributed by atoms with E-state index in [-0.39, 0.29) is 5.91 Å². The van der Waals surface area contributed by atoms with Gasteiger partial charge in [-0.1, -0.05) is 0 Å². The van der Waals surface area contributed by atoms with Gasteiger partial charge in [-0.15, -0.1) is 0 Å². The van der Waals surface area contributed by atoms with Crippen molar-refractivity contribution >= 4 is 11.6 Å². The predicted molar refractivity (Wildman–Crippen MR) is 80.1 cm³/mol.